The molecule has 0 spiro atoms. The van der Waals surface area contributed by atoms with Crippen LogP contribution in [0, 0.1) is 5.92 Å². The van der Waals surface area contributed by atoms with Crippen LogP contribution in [0.1, 0.15) is 12.8 Å². The predicted octanol–water partition coefficient (Wildman–Crippen LogP) is 2.98. The molecule has 0 radical (unpaired) electrons. The number of hydrogen-bond donors (Lipinski definition) is 0. The normalized spacial score (nSPS) is 19.0. The SMILES string of the molecule is O=S(=O)(c1ccccc1Cl)N1CCC(CCl)CC1. The van der Waals surface area contributed by atoms with Crippen LogP contribution in [0.3, 0.4) is 0 Å². The van der Waals surface area contributed by atoms with E-state index in [4.69, 9.17) is 23.2 Å². The number of nitrogens with zero attached hydrogens (tertiary/aromatic N) is 1. The molecular weight excluding hydrogens is 293 g/mol. The fourth-order valence-electron chi connectivity index (χ4n) is 2.10. The zero-order valence-corrected chi connectivity index (χ0v) is 12.2. The maximum Gasteiger partial charge on any atom is 0.244 e. The van der Waals surface area contributed by atoms with Gasteiger partial charge >= 0.3 is 0 Å². The van der Waals surface area contributed by atoms with Gasteiger partial charge in [0.2, 0.25) is 10.0 Å². The van der Waals surface area contributed by atoms with Crippen LogP contribution in [0.2, 0.25) is 5.02 Å². The van der Waals surface area contributed by atoms with Gasteiger partial charge in [-0.1, -0.05) is 23.7 Å². The third-order valence-electron chi connectivity index (χ3n) is 3.25. The molecule has 0 aromatic heterocycles. The molecule has 0 amide bonds. The molecule has 1 aliphatic heterocycles. The third-order valence-corrected chi connectivity index (χ3v) is 6.08. The Bertz CT molecular complexity index is 511. The fourth-order valence-corrected chi connectivity index (χ4v) is 4.37. The van der Waals surface area contributed by atoms with Crippen molar-refractivity contribution in [3.63, 3.8) is 0 Å². The summed E-state index contributed by atoms with van der Waals surface area (Å²) in [4.78, 5) is 0.191. The summed E-state index contributed by atoms with van der Waals surface area (Å²) in [5.41, 5.74) is 0. The van der Waals surface area contributed by atoms with E-state index in [0.717, 1.165) is 12.8 Å². The van der Waals surface area contributed by atoms with Gasteiger partial charge in [0.15, 0.2) is 0 Å². The molecule has 2 rings (SSSR count). The zero-order valence-electron chi connectivity index (χ0n) is 9.85. The monoisotopic (exact) mass is 307 g/mol. The first kappa shape index (κ1) is 14.1. The average molecular weight is 308 g/mol. The second kappa shape index (κ2) is 5.78. The standard InChI is InChI=1S/C12H15Cl2NO2S/c13-9-10-5-7-15(8-6-10)18(16,17)12-4-2-1-3-11(12)14/h1-4,10H,5-9H2. The summed E-state index contributed by atoms with van der Waals surface area (Å²) in [6, 6.07) is 6.55. The minimum absolute atomic E-state index is 0.191. The highest BCUT2D eigenvalue weighted by Crippen LogP contribution is 2.28. The lowest BCUT2D eigenvalue weighted by Gasteiger charge is -2.30. The maximum absolute atomic E-state index is 12.4. The number of benzene rings is 1. The highest BCUT2D eigenvalue weighted by molar-refractivity contribution is 7.89. The Kier molecular flexibility index (Phi) is 4.54. The summed E-state index contributed by atoms with van der Waals surface area (Å²) in [6.07, 6.45) is 1.63. The molecule has 6 heteroatoms. The Balaban J connectivity index is 2.20. The molecule has 0 atom stereocenters. The molecule has 0 bridgehead atoms. The number of sulfonamides is 1. The molecular formula is C12H15Cl2NO2S. The van der Waals surface area contributed by atoms with E-state index < -0.39 is 10.0 Å². The van der Waals surface area contributed by atoms with Gasteiger partial charge in [-0.2, -0.15) is 4.31 Å². The van der Waals surface area contributed by atoms with Gasteiger partial charge in [0.25, 0.3) is 0 Å². The number of alkyl halides is 1. The summed E-state index contributed by atoms with van der Waals surface area (Å²) in [7, 11) is -3.47. The van der Waals surface area contributed by atoms with Crippen LogP contribution in [0.15, 0.2) is 29.2 Å². The second-order valence-electron chi connectivity index (χ2n) is 4.43. The van der Waals surface area contributed by atoms with E-state index in [1.807, 2.05) is 0 Å². The van der Waals surface area contributed by atoms with E-state index in [9.17, 15) is 8.42 Å². The van der Waals surface area contributed by atoms with Crippen molar-refractivity contribution in [2.45, 2.75) is 17.7 Å². The minimum Gasteiger partial charge on any atom is -0.207 e. The number of halogens is 2. The van der Waals surface area contributed by atoms with Crippen LogP contribution < -0.4 is 0 Å². The number of piperidine rings is 1. The average Bonchev–Trinajstić information content (AvgIpc) is 2.39. The molecule has 1 aromatic carbocycles. The molecule has 18 heavy (non-hydrogen) atoms. The first-order valence-corrected chi connectivity index (χ1v) is 8.21. The van der Waals surface area contributed by atoms with Crippen molar-refractivity contribution >= 4 is 33.2 Å². The van der Waals surface area contributed by atoms with Crippen LogP contribution in [-0.2, 0) is 10.0 Å². The van der Waals surface area contributed by atoms with Gasteiger partial charge in [-0.25, -0.2) is 8.42 Å². The topological polar surface area (TPSA) is 37.4 Å². The van der Waals surface area contributed by atoms with Gasteiger partial charge in [-0.3, -0.25) is 0 Å². The lowest BCUT2D eigenvalue weighted by atomic mass is 10.0. The fraction of sp³-hybridized carbons (Fsp3) is 0.500. The molecule has 1 aromatic rings. The summed E-state index contributed by atoms with van der Waals surface area (Å²) in [5.74, 6) is 1.02. The Morgan fingerprint density at radius 2 is 1.83 bits per heavy atom. The smallest absolute Gasteiger partial charge is 0.207 e. The Hall–Kier alpha value is -0.290. The van der Waals surface area contributed by atoms with Crippen molar-refractivity contribution in [1.29, 1.82) is 0 Å². The first-order valence-electron chi connectivity index (χ1n) is 5.86. The quantitative estimate of drug-likeness (QED) is 0.805. The maximum atomic E-state index is 12.4. The zero-order chi connectivity index (χ0) is 13.2. The lowest BCUT2D eigenvalue weighted by Crippen LogP contribution is -2.38. The number of hydrogen-bond acceptors (Lipinski definition) is 2. The highest BCUT2D eigenvalue weighted by atomic mass is 35.5. The van der Waals surface area contributed by atoms with E-state index in [0.29, 0.717) is 24.9 Å². The predicted molar refractivity (Wildman–Crippen MR) is 73.7 cm³/mol. The van der Waals surface area contributed by atoms with Gasteiger partial charge in [0, 0.05) is 19.0 Å². The van der Waals surface area contributed by atoms with E-state index in [-0.39, 0.29) is 9.92 Å². The molecule has 1 heterocycles. The molecule has 100 valence electrons. The van der Waals surface area contributed by atoms with Crippen molar-refractivity contribution in [3.8, 4) is 0 Å². The van der Waals surface area contributed by atoms with Crippen LogP contribution in [0.25, 0.3) is 0 Å². The van der Waals surface area contributed by atoms with E-state index in [2.05, 4.69) is 0 Å². The van der Waals surface area contributed by atoms with Gasteiger partial charge in [0.1, 0.15) is 4.90 Å². The van der Waals surface area contributed by atoms with Crippen LogP contribution in [0.4, 0.5) is 0 Å². The van der Waals surface area contributed by atoms with Gasteiger partial charge < -0.3 is 0 Å². The Morgan fingerprint density at radius 3 is 2.39 bits per heavy atom. The molecule has 0 N–H and O–H groups in total. The van der Waals surface area contributed by atoms with Crippen LogP contribution in [-0.4, -0.2) is 31.7 Å². The van der Waals surface area contributed by atoms with Crippen LogP contribution in [0.5, 0.6) is 0 Å². The van der Waals surface area contributed by atoms with Gasteiger partial charge in [-0.05, 0) is 30.9 Å². The summed E-state index contributed by atoms with van der Waals surface area (Å²) >= 11 is 11.8. The van der Waals surface area contributed by atoms with E-state index in [1.165, 1.54) is 4.31 Å². The van der Waals surface area contributed by atoms with Gasteiger partial charge in [0.05, 0.1) is 5.02 Å². The largest absolute Gasteiger partial charge is 0.244 e. The van der Waals surface area contributed by atoms with E-state index in [1.54, 1.807) is 24.3 Å². The highest BCUT2D eigenvalue weighted by Gasteiger charge is 2.30. The molecule has 0 unspecified atom stereocenters. The molecule has 3 nitrogen and oxygen atoms in total. The molecule has 1 aliphatic rings. The summed E-state index contributed by atoms with van der Waals surface area (Å²) in [5, 5.41) is 0.275. The van der Waals surface area contributed by atoms with Crippen molar-refractivity contribution in [2.75, 3.05) is 19.0 Å². The van der Waals surface area contributed by atoms with Crippen molar-refractivity contribution in [3.05, 3.63) is 29.3 Å². The second-order valence-corrected chi connectivity index (χ2v) is 7.05. The first-order chi connectivity index (χ1) is 8.55. The Labute approximate surface area is 118 Å². The van der Waals surface area contributed by atoms with Crippen molar-refractivity contribution in [2.24, 2.45) is 5.92 Å². The van der Waals surface area contributed by atoms with Crippen molar-refractivity contribution < 1.29 is 8.42 Å². The molecule has 0 aliphatic carbocycles. The molecule has 0 saturated carbocycles. The molecule has 1 fully saturated rings. The number of rotatable bonds is 3. The summed E-state index contributed by atoms with van der Waals surface area (Å²) < 4.78 is 26.3. The van der Waals surface area contributed by atoms with E-state index >= 15 is 0 Å². The minimum atomic E-state index is -3.47. The molecule has 1 saturated heterocycles. The third kappa shape index (κ3) is 2.82. The summed E-state index contributed by atoms with van der Waals surface area (Å²) in [6.45, 7) is 1.04. The van der Waals surface area contributed by atoms with Crippen LogP contribution >= 0.6 is 23.2 Å². The van der Waals surface area contributed by atoms with Gasteiger partial charge in [-0.15, -0.1) is 11.6 Å². The van der Waals surface area contributed by atoms with Crippen molar-refractivity contribution in [1.82, 2.24) is 4.31 Å². The lowest BCUT2D eigenvalue weighted by molar-refractivity contribution is 0.290. The Morgan fingerprint density at radius 1 is 1.22 bits per heavy atom.